The van der Waals surface area contributed by atoms with Crippen LogP contribution in [0.25, 0.3) is 10.9 Å². The number of nitrogens with zero attached hydrogens (tertiary/aromatic N) is 2. The molecule has 2 aliphatic heterocycles. The molecule has 0 spiro atoms. The average Bonchev–Trinajstić information content (AvgIpc) is 3.53. The summed E-state index contributed by atoms with van der Waals surface area (Å²) >= 11 is 0. The highest BCUT2D eigenvalue weighted by atomic mass is 16.6. The summed E-state index contributed by atoms with van der Waals surface area (Å²) in [5, 5.41) is 6.57. The number of carbonyl (C=O) groups is 4. The lowest BCUT2D eigenvalue weighted by atomic mass is 10.0. The summed E-state index contributed by atoms with van der Waals surface area (Å²) < 4.78 is 11.8. The molecule has 3 heterocycles. The van der Waals surface area contributed by atoms with Crippen molar-refractivity contribution in [2.75, 3.05) is 30.3 Å². The van der Waals surface area contributed by atoms with Crippen molar-refractivity contribution in [3.63, 3.8) is 0 Å². The summed E-state index contributed by atoms with van der Waals surface area (Å²) in [7, 11) is 0. The summed E-state index contributed by atoms with van der Waals surface area (Å²) in [5.41, 5.74) is 2.59. The number of benzene rings is 2. The van der Waals surface area contributed by atoms with Crippen LogP contribution in [0, 0.1) is 0 Å². The van der Waals surface area contributed by atoms with Crippen LogP contribution >= 0.6 is 0 Å². The molecule has 3 N–H and O–H groups in total. The lowest BCUT2D eigenvalue weighted by Gasteiger charge is -2.40. The minimum atomic E-state index is -0.994. The summed E-state index contributed by atoms with van der Waals surface area (Å²) in [6.07, 6.45) is 0.480. The molecule has 0 aliphatic carbocycles. The van der Waals surface area contributed by atoms with E-state index in [-0.39, 0.29) is 36.7 Å². The van der Waals surface area contributed by atoms with Crippen LogP contribution in [-0.4, -0.2) is 82.1 Å². The fourth-order valence-electron chi connectivity index (χ4n) is 5.49. The molecule has 2 fully saturated rings. The molecule has 3 aromatic rings. The average molecular weight is 576 g/mol. The summed E-state index contributed by atoms with van der Waals surface area (Å²) in [5.74, 6) is -0.847. The van der Waals surface area contributed by atoms with Gasteiger partial charge in [-0.25, -0.2) is 4.79 Å². The molecule has 0 radical (unpaired) electrons. The van der Waals surface area contributed by atoms with Crippen LogP contribution in [0.15, 0.2) is 54.7 Å². The number of anilines is 2. The smallest absolute Gasteiger partial charge is 0.410 e. The first kappa shape index (κ1) is 29.1. The van der Waals surface area contributed by atoms with Gasteiger partial charge < -0.3 is 34.9 Å². The van der Waals surface area contributed by atoms with Crippen molar-refractivity contribution in [2.24, 2.45) is 0 Å². The van der Waals surface area contributed by atoms with Gasteiger partial charge >= 0.3 is 6.09 Å². The number of likely N-dealkylation sites (tertiary alicyclic amines) is 1. The van der Waals surface area contributed by atoms with Gasteiger partial charge in [0.2, 0.25) is 11.8 Å². The van der Waals surface area contributed by atoms with Crippen molar-refractivity contribution < 1.29 is 28.7 Å². The Bertz CT molecular complexity index is 1480. The number of hydrogen-bond acceptors (Lipinski definition) is 6. The molecule has 5 rings (SSSR count). The van der Waals surface area contributed by atoms with Gasteiger partial charge in [0.1, 0.15) is 11.7 Å². The van der Waals surface area contributed by atoms with E-state index in [0.29, 0.717) is 30.9 Å². The largest absolute Gasteiger partial charge is 0.444 e. The molecule has 222 valence electrons. The van der Waals surface area contributed by atoms with Gasteiger partial charge in [0.25, 0.3) is 5.91 Å². The zero-order chi connectivity index (χ0) is 30.0. The Morgan fingerprint density at radius 1 is 1.02 bits per heavy atom. The quantitative estimate of drug-likeness (QED) is 0.391. The van der Waals surface area contributed by atoms with E-state index in [1.165, 1.54) is 6.92 Å². The second-order valence-corrected chi connectivity index (χ2v) is 11.8. The van der Waals surface area contributed by atoms with Gasteiger partial charge in [-0.2, -0.15) is 0 Å². The Morgan fingerprint density at radius 2 is 1.71 bits per heavy atom. The molecule has 0 saturated carbocycles. The fourth-order valence-corrected chi connectivity index (χ4v) is 5.49. The number of H-pyrrole nitrogens is 1. The number of morpholine rings is 1. The van der Waals surface area contributed by atoms with Crippen molar-refractivity contribution in [1.82, 2.24) is 14.8 Å². The van der Waals surface area contributed by atoms with Gasteiger partial charge in [-0.15, -0.1) is 0 Å². The SMILES string of the molecule is CC(=O)Nc1ccc(NC(=O)CC2OC3CN(C(=O)OC(C)(C)C)CC3N(CCc3c[nH]c4ccccc34)C2=O)cc1. The number of ether oxygens (including phenoxy) is 2. The van der Waals surface area contributed by atoms with Crippen molar-refractivity contribution >= 4 is 46.1 Å². The van der Waals surface area contributed by atoms with Gasteiger partial charge in [0.15, 0.2) is 0 Å². The molecule has 2 aromatic carbocycles. The highest BCUT2D eigenvalue weighted by Gasteiger charge is 2.49. The first-order valence-electron chi connectivity index (χ1n) is 14.1. The second kappa shape index (κ2) is 11.8. The number of para-hydroxylation sites is 1. The maximum atomic E-state index is 13.8. The van der Waals surface area contributed by atoms with Crippen LogP contribution in [0.1, 0.15) is 39.7 Å². The lowest BCUT2D eigenvalue weighted by molar-refractivity contribution is -0.168. The van der Waals surface area contributed by atoms with Crippen molar-refractivity contribution in [1.29, 1.82) is 0 Å². The van der Waals surface area contributed by atoms with Crippen LogP contribution in [-0.2, 0) is 30.3 Å². The molecule has 2 saturated heterocycles. The first-order valence-corrected chi connectivity index (χ1v) is 14.1. The molecule has 42 heavy (non-hydrogen) atoms. The van der Waals surface area contributed by atoms with Crippen molar-refractivity contribution in [3.8, 4) is 0 Å². The minimum absolute atomic E-state index is 0.175. The standard InChI is InChI=1S/C31H37N5O6/c1-19(37)33-21-9-11-22(12-10-21)34-28(38)15-26-29(39)36(14-13-20-16-32-24-8-6-5-7-23(20)24)25-17-35(18-27(25)41-26)30(40)42-31(2,3)4/h5-12,16,25-27,32H,13-15,17-18H2,1-4H3,(H,33,37)(H,34,38). The van der Waals surface area contributed by atoms with Crippen LogP contribution in [0.4, 0.5) is 16.2 Å². The maximum Gasteiger partial charge on any atom is 0.410 e. The topological polar surface area (TPSA) is 133 Å². The third kappa shape index (κ3) is 6.73. The third-order valence-corrected chi connectivity index (χ3v) is 7.34. The molecule has 11 heteroatoms. The molecule has 0 bridgehead atoms. The predicted octanol–water partition coefficient (Wildman–Crippen LogP) is 3.91. The van der Waals surface area contributed by atoms with Gasteiger partial charge in [-0.1, -0.05) is 18.2 Å². The Kier molecular flexibility index (Phi) is 8.22. The van der Waals surface area contributed by atoms with E-state index in [2.05, 4.69) is 15.6 Å². The highest BCUT2D eigenvalue weighted by Crippen LogP contribution is 2.30. The second-order valence-electron chi connectivity index (χ2n) is 11.8. The van der Waals surface area contributed by atoms with Gasteiger partial charge in [0.05, 0.1) is 25.1 Å². The number of nitrogens with one attached hydrogen (secondary N) is 3. The summed E-state index contributed by atoms with van der Waals surface area (Å²) in [4.78, 5) is 57.5. The molecule has 11 nitrogen and oxygen atoms in total. The molecular weight excluding hydrogens is 538 g/mol. The van der Waals surface area contributed by atoms with E-state index in [9.17, 15) is 19.2 Å². The van der Waals surface area contributed by atoms with Crippen LogP contribution in [0.5, 0.6) is 0 Å². The lowest BCUT2D eigenvalue weighted by Crippen LogP contribution is -2.59. The van der Waals surface area contributed by atoms with Gasteiger partial charge in [0, 0.05) is 48.5 Å². The van der Waals surface area contributed by atoms with E-state index < -0.39 is 23.9 Å². The van der Waals surface area contributed by atoms with Crippen molar-refractivity contribution in [2.45, 2.75) is 64.4 Å². The zero-order valence-corrected chi connectivity index (χ0v) is 24.3. The molecule has 3 unspecified atom stereocenters. The molecule has 3 atom stereocenters. The predicted molar refractivity (Wildman–Crippen MR) is 158 cm³/mol. The number of hydrogen-bond donors (Lipinski definition) is 3. The summed E-state index contributed by atoms with van der Waals surface area (Å²) in [6.45, 7) is 7.81. The normalized spacial score (nSPS) is 20.4. The first-order chi connectivity index (χ1) is 20.0. The minimum Gasteiger partial charge on any atom is -0.444 e. The number of aromatic amines is 1. The zero-order valence-electron chi connectivity index (χ0n) is 24.3. The van der Waals surface area contributed by atoms with Crippen LogP contribution in [0.3, 0.4) is 0 Å². The Labute approximate surface area is 244 Å². The number of aromatic nitrogens is 1. The van der Waals surface area contributed by atoms with Crippen molar-refractivity contribution in [3.05, 3.63) is 60.3 Å². The monoisotopic (exact) mass is 575 g/mol. The van der Waals surface area contributed by atoms with Gasteiger partial charge in [-0.3, -0.25) is 14.4 Å². The van der Waals surface area contributed by atoms with Gasteiger partial charge in [-0.05, 0) is 63.1 Å². The number of carbonyl (C=O) groups excluding carboxylic acids is 4. The Balaban J connectivity index is 1.30. The molecule has 1 aromatic heterocycles. The Morgan fingerprint density at radius 3 is 2.40 bits per heavy atom. The van der Waals surface area contributed by atoms with E-state index in [1.807, 2.05) is 51.2 Å². The van der Waals surface area contributed by atoms with E-state index in [1.54, 1.807) is 34.1 Å². The number of rotatable bonds is 7. The Hall–Kier alpha value is -4.38. The highest BCUT2D eigenvalue weighted by molar-refractivity contribution is 5.96. The van der Waals surface area contributed by atoms with E-state index in [4.69, 9.17) is 9.47 Å². The summed E-state index contributed by atoms with van der Waals surface area (Å²) in [6, 6.07) is 14.4. The number of fused-ring (bicyclic) bond motifs is 2. The fraction of sp³-hybridized carbons (Fsp3) is 0.419. The van der Waals surface area contributed by atoms with Crippen LogP contribution < -0.4 is 10.6 Å². The molecule has 4 amide bonds. The number of amides is 4. The van der Waals surface area contributed by atoms with E-state index in [0.717, 1.165) is 16.5 Å². The maximum absolute atomic E-state index is 13.8. The molecular formula is C31H37N5O6. The van der Waals surface area contributed by atoms with Crippen LogP contribution in [0.2, 0.25) is 0 Å². The van der Waals surface area contributed by atoms with E-state index >= 15 is 0 Å². The molecule has 2 aliphatic rings. The third-order valence-electron chi connectivity index (χ3n) is 7.34.